The average Bonchev–Trinajstić information content (AvgIpc) is 3.20. The number of anilines is 2. The molecule has 0 bridgehead atoms. The van der Waals surface area contributed by atoms with Crippen molar-refractivity contribution in [3.63, 3.8) is 0 Å². The molecule has 13 heteroatoms. The van der Waals surface area contributed by atoms with Crippen LogP contribution in [0.1, 0.15) is 55.1 Å². The third-order valence-electron chi connectivity index (χ3n) is 10.5. The molecule has 0 aliphatic carbocycles. The highest BCUT2D eigenvalue weighted by Gasteiger charge is 2.36. The van der Waals surface area contributed by atoms with Gasteiger partial charge in [-0.1, -0.05) is 43.0 Å². The number of piperidine rings is 2. The lowest BCUT2D eigenvalue weighted by Crippen LogP contribution is -2.58. The number of imide groups is 1. The second-order valence-corrected chi connectivity index (χ2v) is 14.3. The zero-order chi connectivity index (χ0) is 38.7. The van der Waals surface area contributed by atoms with Crippen molar-refractivity contribution < 1.29 is 33.4 Å². The van der Waals surface area contributed by atoms with E-state index >= 15 is 0 Å². The van der Waals surface area contributed by atoms with E-state index in [1.807, 2.05) is 43.3 Å². The second-order valence-electron chi connectivity index (χ2n) is 14.3. The number of benzene rings is 2. The number of hydrogen-bond donors (Lipinski definition) is 3. The standard InChI is InChI=1S/C28H33FN6O4.C9H10O2.C5H8/c29-20-3-1-2-4-23(20)34-11-9-18(10-12-34)15-33-13-14-35-19(16-33)17-39-28-24(35)7-5-22(31-28)26(37)30-21-6-8-25(36)32-27(21)38;10-8-4-3-7-2-1-5-11-9(7)6-8;1-3-5-4-2/h1-5,7,18-19,21H,6,8-17H2,(H,30,37)(H,32,36,38);3-4,6,10H,1-2,5H2;3-5H,1H2,2H3/b;;5-4-. The maximum Gasteiger partial charge on any atom is 0.270 e. The molecule has 3 fully saturated rings. The predicted molar refractivity (Wildman–Crippen MR) is 209 cm³/mol. The summed E-state index contributed by atoms with van der Waals surface area (Å²) in [5.74, 6) is 0.697. The van der Waals surface area contributed by atoms with Gasteiger partial charge in [0.25, 0.3) is 5.91 Å². The van der Waals surface area contributed by atoms with Crippen LogP contribution in [0.5, 0.6) is 17.4 Å². The molecule has 2 atom stereocenters. The lowest BCUT2D eigenvalue weighted by Gasteiger charge is -2.46. The van der Waals surface area contributed by atoms with Crippen LogP contribution in [-0.2, 0) is 16.0 Å². The third kappa shape index (κ3) is 10.2. The summed E-state index contributed by atoms with van der Waals surface area (Å²) in [4.78, 5) is 47.5. The van der Waals surface area contributed by atoms with Crippen LogP contribution in [0.15, 0.2) is 79.4 Å². The number of phenols is 1. The summed E-state index contributed by atoms with van der Waals surface area (Å²) in [5, 5.41) is 14.0. The Morgan fingerprint density at radius 3 is 2.60 bits per heavy atom. The average molecular weight is 755 g/mol. The maximum absolute atomic E-state index is 14.2. The number of carbonyl (C=O) groups excluding carboxylic acids is 3. The molecule has 0 radical (unpaired) electrons. The molecule has 292 valence electrons. The van der Waals surface area contributed by atoms with Gasteiger partial charge in [0.05, 0.1) is 18.3 Å². The second kappa shape index (κ2) is 18.7. The molecule has 5 aliphatic heterocycles. The summed E-state index contributed by atoms with van der Waals surface area (Å²) in [6, 6.07) is 15.3. The molecule has 2 aromatic carbocycles. The number of aromatic hydroxyl groups is 1. The molecule has 3 aromatic rings. The Balaban J connectivity index is 0.000000266. The summed E-state index contributed by atoms with van der Waals surface area (Å²) < 4.78 is 25.5. The largest absolute Gasteiger partial charge is 0.508 e. The first-order valence-electron chi connectivity index (χ1n) is 19.2. The van der Waals surface area contributed by atoms with Crippen molar-refractivity contribution in [2.45, 2.75) is 57.5 Å². The van der Waals surface area contributed by atoms with Crippen molar-refractivity contribution >= 4 is 29.1 Å². The van der Waals surface area contributed by atoms with Gasteiger partial charge in [-0.05, 0) is 80.8 Å². The first kappa shape index (κ1) is 39.3. The zero-order valence-electron chi connectivity index (χ0n) is 31.4. The predicted octanol–water partition coefficient (Wildman–Crippen LogP) is 5.02. The lowest BCUT2D eigenvalue weighted by atomic mass is 9.95. The third-order valence-corrected chi connectivity index (χ3v) is 10.5. The van der Waals surface area contributed by atoms with Gasteiger partial charge in [-0.2, -0.15) is 0 Å². The Labute approximate surface area is 322 Å². The number of halogens is 1. The van der Waals surface area contributed by atoms with E-state index in [1.165, 1.54) is 11.6 Å². The van der Waals surface area contributed by atoms with Gasteiger partial charge in [-0.25, -0.2) is 9.37 Å². The Morgan fingerprint density at radius 2 is 1.85 bits per heavy atom. The number of allylic oxidation sites excluding steroid dienone is 3. The van der Waals surface area contributed by atoms with Gasteiger partial charge in [-0.3, -0.25) is 24.6 Å². The Morgan fingerprint density at radius 1 is 1.04 bits per heavy atom. The molecule has 3 saturated heterocycles. The van der Waals surface area contributed by atoms with Crippen molar-refractivity contribution in [1.29, 1.82) is 0 Å². The molecular weight excluding hydrogens is 703 g/mol. The number of carbonyl (C=O) groups is 3. The molecule has 5 aliphatic rings. The fourth-order valence-corrected chi connectivity index (χ4v) is 7.56. The molecule has 12 nitrogen and oxygen atoms in total. The Bertz CT molecular complexity index is 1860. The molecule has 3 amide bonds. The van der Waals surface area contributed by atoms with Crippen molar-refractivity contribution in [1.82, 2.24) is 20.5 Å². The van der Waals surface area contributed by atoms with E-state index in [2.05, 4.69) is 36.9 Å². The molecule has 6 heterocycles. The van der Waals surface area contributed by atoms with E-state index in [-0.39, 0.29) is 42.1 Å². The molecule has 0 spiro atoms. The molecule has 1 aromatic heterocycles. The number of fused-ring (bicyclic) bond motifs is 4. The monoisotopic (exact) mass is 754 g/mol. The number of aryl methyl sites for hydroxylation is 1. The van der Waals surface area contributed by atoms with Crippen LogP contribution >= 0.6 is 0 Å². The lowest BCUT2D eigenvalue weighted by molar-refractivity contribution is -0.134. The minimum Gasteiger partial charge on any atom is -0.508 e. The fraction of sp³-hybridized carbons (Fsp3) is 0.429. The molecular formula is C42H51FN6O6. The summed E-state index contributed by atoms with van der Waals surface area (Å²) in [7, 11) is 0. The molecule has 0 saturated carbocycles. The molecule has 55 heavy (non-hydrogen) atoms. The number of piperazine rings is 1. The Kier molecular flexibility index (Phi) is 13.4. The quantitative estimate of drug-likeness (QED) is 0.233. The summed E-state index contributed by atoms with van der Waals surface area (Å²) in [6.07, 6.45) is 10.3. The van der Waals surface area contributed by atoms with Crippen LogP contribution in [0, 0.1) is 11.7 Å². The number of nitrogens with zero attached hydrogens (tertiary/aromatic N) is 4. The van der Waals surface area contributed by atoms with Crippen LogP contribution in [0.25, 0.3) is 0 Å². The van der Waals surface area contributed by atoms with Crippen LogP contribution in [0.3, 0.4) is 0 Å². The van der Waals surface area contributed by atoms with Gasteiger partial charge in [-0.15, -0.1) is 0 Å². The van der Waals surface area contributed by atoms with Gasteiger partial charge >= 0.3 is 0 Å². The summed E-state index contributed by atoms with van der Waals surface area (Å²) in [6.45, 7) is 12.1. The number of nitrogens with one attached hydrogen (secondary N) is 2. The van der Waals surface area contributed by atoms with Crippen LogP contribution < -0.4 is 29.9 Å². The van der Waals surface area contributed by atoms with Gasteiger partial charge in [0, 0.05) is 51.8 Å². The minimum absolute atomic E-state index is 0.152. The molecule has 8 rings (SSSR count). The molecule has 3 N–H and O–H groups in total. The van der Waals surface area contributed by atoms with E-state index in [0.29, 0.717) is 24.1 Å². The van der Waals surface area contributed by atoms with Crippen LogP contribution in [0.2, 0.25) is 0 Å². The summed E-state index contributed by atoms with van der Waals surface area (Å²) in [5.41, 5.74) is 2.96. The highest BCUT2D eigenvalue weighted by Crippen LogP contribution is 2.35. The maximum atomic E-state index is 14.2. The van der Waals surface area contributed by atoms with E-state index in [9.17, 15) is 18.8 Å². The first-order chi connectivity index (χ1) is 26.7. The van der Waals surface area contributed by atoms with Crippen molar-refractivity contribution in [3.8, 4) is 17.4 Å². The molecule has 2 unspecified atom stereocenters. The van der Waals surface area contributed by atoms with Crippen molar-refractivity contribution in [2.75, 3.05) is 62.3 Å². The van der Waals surface area contributed by atoms with Gasteiger partial charge < -0.3 is 29.7 Å². The van der Waals surface area contributed by atoms with E-state index in [1.54, 1.807) is 30.3 Å². The first-order valence-corrected chi connectivity index (χ1v) is 19.2. The number of para-hydroxylation sites is 1. The number of rotatable bonds is 6. The van der Waals surface area contributed by atoms with Gasteiger partial charge in [0.1, 0.15) is 41.3 Å². The van der Waals surface area contributed by atoms with E-state index < -0.39 is 17.9 Å². The number of amides is 3. The Hall–Kier alpha value is -5.43. The van der Waals surface area contributed by atoms with Crippen molar-refractivity contribution in [2.24, 2.45) is 5.92 Å². The number of phenolic OH excluding ortho intramolecular Hbond substituents is 1. The topological polar surface area (TPSA) is 137 Å². The van der Waals surface area contributed by atoms with Crippen LogP contribution in [0.4, 0.5) is 15.8 Å². The SMILES string of the molecule is C=C/C=C\C.O=C1CCC(NC(=O)c2ccc3c(n2)OCC2CN(CC4CCN(c5ccccc5F)CC4)CCN32)C(=O)N1.Oc1ccc2c(c1)OCCC2. The van der Waals surface area contributed by atoms with E-state index in [0.717, 1.165) is 83.0 Å². The highest BCUT2D eigenvalue weighted by molar-refractivity contribution is 6.03. The summed E-state index contributed by atoms with van der Waals surface area (Å²) >= 11 is 0. The number of hydrogen-bond acceptors (Lipinski definition) is 10. The smallest absolute Gasteiger partial charge is 0.270 e. The van der Waals surface area contributed by atoms with Gasteiger partial charge in [0.2, 0.25) is 17.7 Å². The zero-order valence-corrected chi connectivity index (χ0v) is 31.4. The van der Waals surface area contributed by atoms with Crippen LogP contribution in [-0.4, -0.2) is 97.3 Å². The fourth-order valence-electron chi connectivity index (χ4n) is 7.56. The normalized spacial score (nSPS) is 20.8. The number of aromatic nitrogens is 1. The number of ether oxygens (including phenoxy) is 2. The number of pyridine rings is 1. The highest BCUT2D eigenvalue weighted by atomic mass is 19.1. The van der Waals surface area contributed by atoms with E-state index in [4.69, 9.17) is 14.6 Å². The van der Waals surface area contributed by atoms with Crippen molar-refractivity contribution in [3.05, 3.63) is 96.5 Å². The minimum atomic E-state index is -0.752. The van der Waals surface area contributed by atoms with Gasteiger partial charge in [0.15, 0.2) is 0 Å².